The van der Waals surface area contributed by atoms with Crippen molar-refractivity contribution in [3.8, 4) is 0 Å². The highest BCUT2D eigenvalue weighted by Gasteiger charge is 2.36. The Labute approximate surface area is 137 Å². The van der Waals surface area contributed by atoms with E-state index >= 15 is 0 Å². The molecular weight excluding hydrogens is 320 g/mol. The van der Waals surface area contributed by atoms with Crippen molar-refractivity contribution in [1.82, 2.24) is 20.2 Å². The van der Waals surface area contributed by atoms with E-state index in [0.717, 1.165) is 18.8 Å². The van der Waals surface area contributed by atoms with Crippen molar-refractivity contribution in [2.75, 3.05) is 11.6 Å². The van der Waals surface area contributed by atoms with Gasteiger partial charge in [0.1, 0.15) is 11.7 Å². The molecule has 2 atom stereocenters. The van der Waals surface area contributed by atoms with E-state index < -0.39 is 17.9 Å². The first-order chi connectivity index (χ1) is 10.9. The third-order valence-corrected chi connectivity index (χ3v) is 4.55. The molecule has 0 aliphatic carbocycles. The first-order valence-electron chi connectivity index (χ1n) is 7.18. The first kappa shape index (κ1) is 17.2. The molecule has 1 aliphatic rings. The molecule has 0 radical (unpaired) electrons. The van der Waals surface area contributed by atoms with Gasteiger partial charge in [-0.2, -0.15) is 0 Å². The predicted octanol–water partition coefficient (Wildman–Crippen LogP) is 0.605. The van der Waals surface area contributed by atoms with E-state index in [1.165, 1.54) is 16.7 Å². The highest BCUT2D eigenvalue weighted by atomic mass is 32.2. The van der Waals surface area contributed by atoms with Gasteiger partial charge < -0.3 is 15.3 Å². The Bertz CT molecular complexity index is 607. The molecule has 0 spiro atoms. The summed E-state index contributed by atoms with van der Waals surface area (Å²) in [5, 5.41) is 11.7. The van der Waals surface area contributed by atoms with Crippen LogP contribution < -0.4 is 5.32 Å². The molecule has 124 valence electrons. The topological polar surface area (TPSA) is 112 Å². The van der Waals surface area contributed by atoms with Gasteiger partial charge in [-0.3, -0.25) is 9.59 Å². The third kappa shape index (κ3) is 3.98. The molecule has 2 heterocycles. The van der Waals surface area contributed by atoms with Crippen LogP contribution in [0.3, 0.4) is 0 Å². The average molecular weight is 338 g/mol. The lowest BCUT2D eigenvalue weighted by Gasteiger charge is -2.24. The number of hydrogen-bond donors (Lipinski definition) is 2. The smallest absolute Gasteiger partial charge is 0.356 e. The van der Waals surface area contributed by atoms with Crippen LogP contribution in [0.25, 0.3) is 0 Å². The lowest BCUT2D eigenvalue weighted by Crippen LogP contribution is -2.49. The minimum atomic E-state index is -1.21. The van der Waals surface area contributed by atoms with E-state index in [1.807, 2.05) is 13.8 Å². The molecule has 9 heteroatoms. The van der Waals surface area contributed by atoms with E-state index in [-0.39, 0.29) is 23.3 Å². The number of nitrogens with zero attached hydrogens (tertiary/aromatic N) is 3. The quantitative estimate of drug-likeness (QED) is 0.808. The number of hydrogen-bond acceptors (Lipinski definition) is 6. The molecule has 1 aliphatic heterocycles. The van der Waals surface area contributed by atoms with Gasteiger partial charge in [-0.05, 0) is 13.3 Å². The van der Waals surface area contributed by atoms with Crippen LogP contribution in [0.15, 0.2) is 12.4 Å². The fourth-order valence-corrected chi connectivity index (χ4v) is 3.15. The van der Waals surface area contributed by atoms with Gasteiger partial charge in [0.25, 0.3) is 5.91 Å². The molecule has 0 bridgehead atoms. The largest absolute Gasteiger partial charge is 0.476 e. The summed E-state index contributed by atoms with van der Waals surface area (Å²) in [6.45, 7) is 3.87. The monoisotopic (exact) mass is 338 g/mol. The fraction of sp³-hybridized carbons (Fsp3) is 0.500. The van der Waals surface area contributed by atoms with Gasteiger partial charge in [-0.25, -0.2) is 14.8 Å². The predicted molar refractivity (Wildman–Crippen MR) is 84.2 cm³/mol. The van der Waals surface area contributed by atoms with Gasteiger partial charge in [0, 0.05) is 11.8 Å². The molecule has 23 heavy (non-hydrogen) atoms. The summed E-state index contributed by atoms with van der Waals surface area (Å²) in [6.07, 6.45) is 2.97. The van der Waals surface area contributed by atoms with Gasteiger partial charge in [0.05, 0.1) is 18.3 Å². The van der Waals surface area contributed by atoms with Crippen molar-refractivity contribution >= 4 is 29.5 Å². The maximum absolute atomic E-state index is 12.5. The second kappa shape index (κ2) is 7.40. The molecule has 1 aromatic heterocycles. The van der Waals surface area contributed by atoms with Gasteiger partial charge >= 0.3 is 5.97 Å². The van der Waals surface area contributed by atoms with Crippen molar-refractivity contribution in [2.24, 2.45) is 0 Å². The molecule has 2 unspecified atom stereocenters. The van der Waals surface area contributed by atoms with Gasteiger partial charge in [0.2, 0.25) is 5.91 Å². The minimum absolute atomic E-state index is 0.0267. The van der Waals surface area contributed by atoms with Crippen LogP contribution in [-0.2, 0) is 4.79 Å². The number of carbonyl (C=O) groups excluding carboxylic acids is 2. The van der Waals surface area contributed by atoms with Crippen molar-refractivity contribution in [2.45, 2.75) is 32.4 Å². The van der Waals surface area contributed by atoms with E-state index in [4.69, 9.17) is 5.11 Å². The van der Waals surface area contributed by atoms with Crippen LogP contribution in [-0.4, -0.2) is 61.5 Å². The molecular formula is C14H18N4O4S. The first-order valence-corrected chi connectivity index (χ1v) is 8.34. The van der Waals surface area contributed by atoms with Crippen LogP contribution in [0.4, 0.5) is 0 Å². The number of amides is 2. The standard InChI is InChI=1S/C14H18N4O4S/c1-3-8(2)17-12(19)11-6-23-7-18(11)13(20)9-4-16-10(5-15-9)14(21)22/h4-5,8,11H,3,6-7H2,1-2H3,(H,17,19)(H,21,22). The number of carbonyl (C=O) groups is 3. The summed E-state index contributed by atoms with van der Waals surface area (Å²) >= 11 is 1.49. The fourth-order valence-electron chi connectivity index (χ4n) is 2.00. The maximum atomic E-state index is 12.5. The van der Waals surface area contributed by atoms with E-state index in [1.54, 1.807) is 0 Å². The van der Waals surface area contributed by atoms with Crippen LogP contribution >= 0.6 is 11.8 Å². The second-order valence-corrected chi connectivity index (χ2v) is 6.20. The Balaban J connectivity index is 2.11. The van der Waals surface area contributed by atoms with Crippen LogP contribution in [0.1, 0.15) is 41.2 Å². The Morgan fingerprint density at radius 2 is 2.04 bits per heavy atom. The molecule has 0 saturated carbocycles. The minimum Gasteiger partial charge on any atom is -0.476 e. The number of aromatic carboxylic acids is 1. The van der Waals surface area contributed by atoms with E-state index in [2.05, 4.69) is 15.3 Å². The number of carboxylic acids is 1. The molecule has 2 amide bonds. The van der Waals surface area contributed by atoms with Crippen molar-refractivity contribution in [3.63, 3.8) is 0 Å². The maximum Gasteiger partial charge on any atom is 0.356 e. The SMILES string of the molecule is CCC(C)NC(=O)C1CSCN1C(=O)c1cnc(C(=O)O)cn1. The molecule has 8 nitrogen and oxygen atoms in total. The molecule has 1 aromatic rings. The molecule has 1 saturated heterocycles. The summed E-state index contributed by atoms with van der Waals surface area (Å²) in [4.78, 5) is 44.5. The van der Waals surface area contributed by atoms with Gasteiger partial charge in [-0.15, -0.1) is 11.8 Å². The zero-order valence-corrected chi connectivity index (χ0v) is 13.7. The number of carboxylic acid groups (broad SMARTS) is 1. The van der Waals surface area contributed by atoms with Crippen molar-refractivity contribution in [3.05, 3.63) is 23.8 Å². The van der Waals surface area contributed by atoms with Gasteiger partial charge in [0.15, 0.2) is 5.69 Å². The van der Waals surface area contributed by atoms with Crippen LogP contribution in [0.5, 0.6) is 0 Å². The lowest BCUT2D eigenvalue weighted by molar-refractivity contribution is -0.125. The highest BCUT2D eigenvalue weighted by Crippen LogP contribution is 2.23. The number of thioether (sulfide) groups is 1. The molecule has 2 N–H and O–H groups in total. The van der Waals surface area contributed by atoms with E-state index in [0.29, 0.717) is 11.6 Å². The summed E-state index contributed by atoms with van der Waals surface area (Å²) in [5.41, 5.74) is -0.206. The number of rotatable bonds is 5. The van der Waals surface area contributed by atoms with Crippen LogP contribution in [0, 0.1) is 0 Å². The van der Waals surface area contributed by atoms with Crippen molar-refractivity contribution in [1.29, 1.82) is 0 Å². The summed E-state index contributed by atoms with van der Waals surface area (Å²) in [7, 11) is 0. The third-order valence-electron chi connectivity index (χ3n) is 3.54. The Kier molecular flexibility index (Phi) is 5.54. The van der Waals surface area contributed by atoms with Crippen molar-refractivity contribution < 1.29 is 19.5 Å². The zero-order valence-electron chi connectivity index (χ0n) is 12.9. The highest BCUT2D eigenvalue weighted by molar-refractivity contribution is 7.99. The Morgan fingerprint density at radius 3 is 2.61 bits per heavy atom. The summed E-state index contributed by atoms with van der Waals surface area (Å²) < 4.78 is 0. The van der Waals surface area contributed by atoms with Crippen LogP contribution in [0.2, 0.25) is 0 Å². The normalized spacial score (nSPS) is 18.5. The summed E-state index contributed by atoms with van der Waals surface area (Å²) in [5.74, 6) is -0.912. The lowest BCUT2D eigenvalue weighted by atomic mass is 10.2. The average Bonchev–Trinajstić information content (AvgIpc) is 3.03. The Hall–Kier alpha value is -2.16. The molecule has 1 fully saturated rings. The number of aromatic nitrogens is 2. The second-order valence-electron chi connectivity index (χ2n) is 5.20. The van der Waals surface area contributed by atoms with E-state index in [9.17, 15) is 14.4 Å². The molecule has 0 aromatic carbocycles. The zero-order chi connectivity index (χ0) is 17.0. The van der Waals surface area contributed by atoms with Gasteiger partial charge in [-0.1, -0.05) is 6.92 Å². The summed E-state index contributed by atoms with van der Waals surface area (Å²) in [6, 6.07) is -0.512. The number of nitrogens with one attached hydrogen (secondary N) is 1. The molecule has 2 rings (SSSR count). The Morgan fingerprint density at radius 1 is 1.39 bits per heavy atom.